The van der Waals surface area contributed by atoms with Gasteiger partial charge in [-0.25, -0.2) is 0 Å². The SMILES string of the molecule is CCNC(=O)C(CC)N(Cc1ccc(Cl)cc1Cl)C(=O)CCc1ccc2c(c1)OCO2. The molecule has 8 heteroatoms. The minimum atomic E-state index is -0.587. The van der Waals surface area contributed by atoms with Crippen LogP contribution in [-0.4, -0.2) is 36.1 Å². The molecule has 3 rings (SSSR count). The Morgan fingerprint density at radius 1 is 1.10 bits per heavy atom. The van der Waals surface area contributed by atoms with Crippen LogP contribution < -0.4 is 14.8 Å². The fourth-order valence-electron chi connectivity index (χ4n) is 3.54. The van der Waals surface area contributed by atoms with Crippen LogP contribution in [0.25, 0.3) is 0 Å². The van der Waals surface area contributed by atoms with Crippen LogP contribution in [-0.2, 0) is 22.6 Å². The van der Waals surface area contributed by atoms with Crippen LogP contribution in [0.4, 0.5) is 0 Å². The predicted octanol–water partition coefficient (Wildman–Crippen LogP) is 4.60. The fourth-order valence-corrected chi connectivity index (χ4v) is 4.00. The Hall–Kier alpha value is -2.44. The summed E-state index contributed by atoms with van der Waals surface area (Å²) in [6, 6.07) is 10.2. The molecule has 0 bridgehead atoms. The molecular formula is C23H26Cl2N2O4. The number of likely N-dealkylation sites (N-methyl/N-ethyl adjacent to an activating group) is 1. The van der Waals surface area contributed by atoms with Crippen LogP contribution in [0.1, 0.15) is 37.8 Å². The molecule has 1 unspecified atom stereocenters. The number of hydrogen-bond acceptors (Lipinski definition) is 4. The number of ether oxygens (including phenoxy) is 2. The van der Waals surface area contributed by atoms with E-state index in [4.69, 9.17) is 32.7 Å². The lowest BCUT2D eigenvalue weighted by Gasteiger charge is -2.31. The second-order valence-corrected chi connectivity index (χ2v) is 8.11. The zero-order valence-corrected chi connectivity index (χ0v) is 19.1. The Balaban J connectivity index is 1.78. The topological polar surface area (TPSA) is 67.9 Å². The third-order valence-electron chi connectivity index (χ3n) is 5.16. The summed E-state index contributed by atoms with van der Waals surface area (Å²) in [5.41, 5.74) is 1.71. The first kappa shape index (κ1) is 23.2. The van der Waals surface area contributed by atoms with E-state index in [-0.39, 0.29) is 31.6 Å². The molecule has 0 aromatic heterocycles. The van der Waals surface area contributed by atoms with Crippen molar-refractivity contribution in [1.29, 1.82) is 0 Å². The highest BCUT2D eigenvalue weighted by molar-refractivity contribution is 6.35. The molecule has 6 nitrogen and oxygen atoms in total. The van der Waals surface area contributed by atoms with Gasteiger partial charge in [0.25, 0.3) is 0 Å². The molecule has 0 aliphatic carbocycles. The Morgan fingerprint density at radius 3 is 2.58 bits per heavy atom. The smallest absolute Gasteiger partial charge is 0.242 e. The van der Waals surface area contributed by atoms with Crippen molar-refractivity contribution in [2.45, 2.75) is 45.7 Å². The van der Waals surface area contributed by atoms with Crippen molar-refractivity contribution < 1.29 is 19.1 Å². The minimum absolute atomic E-state index is 0.123. The zero-order valence-electron chi connectivity index (χ0n) is 17.6. The van der Waals surface area contributed by atoms with E-state index in [1.807, 2.05) is 32.0 Å². The van der Waals surface area contributed by atoms with E-state index in [0.717, 1.165) is 11.1 Å². The average Bonchev–Trinajstić information content (AvgIpc) is 3.21. The molecule has 0 spiro atoms. The summed E-state index contributed by atoms with van der Waals surface area (Å²) in [4.78, 5) is 27.5. The van der Waals surface area contributed by atoms with E-state index >= 15 is 0 Å². The van der Waals surface area contributed by atoms with Crippen molar-refractivity contribution in [1.82, 2.24) is 10.2 Å². The lowest BCUT2D eigenvalue weighted by molar-refractivity contribution is -0.141. The van der Waals surface area contributed by atoms with Crippen molar-refractivity contribution in [2.75, 3.05) is 13.3 Å². The Bertz CT molecular complexity index is 951. The summed E-state index contributed by atoms with van der Waals surface area (Å²) in [5, 5.41) is 3.81. The number of carbonyl (C=O) groups is 2. The van der Waals surface area contributed by atoms with Crippen LogP contribution >= 0.6 is 23.2 Å². The number of rotatable bonds is 9. The van der Waals surface area contributed by atoms with Gasteiger partial charge in [-0.05, 0) is 55.2 Å². The largest absolute Gasteiger partial charge is 0.454 e. The van der Waals surface area contributed by atoms with Crippen molar-refractivity contribution in [3.05, 3.63) is 57.6 Å². The van der Waals surface area contributed by atoms with Crippen LogP contribution in [0.2, 0.25) is 10.0 Å². The molecule has 31 heavy (non-hydrogen) atoms. The molecular weight excluding hydrogens is 439 g/mol. The number of nitrogens with one attached hydrogen (secondary N) is 1. The second-order valence-electron chi connectivity index (χ2n) is 7.26. The molecule has 1 aliphatic heterocycles. The Kier molecular flexibility index (Phi) is 8.04. The normalized spacial score (nSPS) is 13.0. The Morgan fingerprint density at radius 2 is 1.87 bits per heavy atom. The lowest BCUT2D eigenvalue weighted by atomic mass is 10.1. The number of hydrogen-bond donors (Lipinski definition) is 1. The summed E-state index contributed by atoms with van der Waals surface area (Å²) in [6.07, 6.45) is 1.26. The van der Waals surface area contributed by atoms with E-state index in [0.29, 0.717) is 40.9 Å². The van der Waals surface area contributed by atoms with E-state index in [1.54, 1.807) is 23.1 Å². The number of carbonyl (C=O) groups excluding carboxylic acids is 2. The van der Waals surface area contributed by atoms with Crippen LogP contribution in [0.3, 0.4) is 0 Å². The van der Waals surface area contributed by atoms with Crippen molar-refractivity contribution in [3.63, 3.8) is 0 Å². The standard InChI is InChI=1S/C23H26Cl2N2O4/c1-3-19(23(29)26-4-2)27(13-16-7-8-17(24)12-18(16)25)22(28)10-6-15-5-9-20-21(11-15)31-14-30-20/h5,7-9,11-12,19H,3-4,6,10,13-14H2,1-2H3,(H,26,29). The lowest BCUT2D eigenvalue weighted by Crippen LogP contribution is -2.49. The molecule has 1 aliphatic rings. The van der Waals surface area contributed by atoms with E-state index in [9.17, 15) is 9.59 Å². The average molecular weight is 465 g/mol. The van der Waals surface area contributed by atoms with Gasteiger partial charge < -0.3 is 19.7 Å². The number of nitrogens with zero attached hydrogens (tertiary/aromatic N) is 1. The molecule has 166 valence electrons. The third-order valence-corrected chi connectivity index (χ3v) is 5.74. The van der Waals surface area contributed by atoms with Crippen molar-refractivity contribution in [3.8, 4) is 11.5 Å². The Labute approximate surface area is 192 Å². The fraction of sp³-hybridized carbons (Fsp3) is 0.391. The first-order valence-electron chi connectivity index (χ1n) is 10.3. The molecule has 2 amide bonds. The zero-order chi connectivity index (χ0) is 22.4. The van der Waals surface area contributed by atoms with Gasteiger partial charge in [0, 0.05) is 29.6 Å². The number of halogens is 2. The van der Waals surface area contributed by atoms with Gasteiger partial charge in [-0.1, -0.05) is 42.3 Å². The number of benzene rings is 2. The van der Waals surface area contributed by atoms with Crippen LogP contribution in [0, 0.1) is 0 Å². The van der Waals surface area contributed by atoms with Crippen molar-refractivity contribution in [2.24, 2.45) is 0 Å². The first-order chi connectivity index (χ1) is 14.9. The van der Waals surface area contributed by atoms with Gasteiger partial charge in [-0.15, -0.1) is 0 Å². The molecule has 1 atom stereocenters. The molecule has 0 radical (unpaired) electrons. The van der Waals surface area contributed by atoms with Crippen LogP contribution in [0.5, 0.6) is 11.5 Å². The third kappa shape index (κ3) is 5.83. The predicted molar refractivity (Wildman–Crippen MR) is 121 cm³/mol. The monoisotopic (exact) mass is 464 g/mol. The quantitative estimate of drug-likeness (QED) is 0.588. The maximum absolute atomic E-state index is 13.3. The molecule has 0 fully saturated rings. The van der Waals surface area contributed by atoms with Gasteiger partial charge in [0.1, 0.15) is 6.04 Å². The minimum Gasteiger partial charge on any atom is -0.454 e. The maximum Gasteiger partial charge on any atom is 0.242 e. The number of amides is 2. The second kappa shape index (κ2) is 10.7. The van der Waals surface area contributed by atoms with Gasteiger partial charge in [0.05, 0.1) is 0 Å². The molecule has 1 heterocycles. The van der Waals surface area contributed by atoms with E-state index < -0.39 is 6.04 Å². The highest BCUT2D eigenvalue weighted by Crippen LogP contribution is 2.33. The summed E-state index contributed by atoms with van der Waals surface area (Å²) >= 11 is 12.4. The van der Waals surface area contributed by atoms with Gasteiger partial charge in [0.2, 0.25) is 18.6 Å². The van der Waals surface area contributed by atoms with Crippen molar-refractivity contribution >= 4 is 35.0 Å². The molecule has 2 aromatic rings. The van der Waals surface area contributed by atoms with Gasteiger partial charge in [-0.3, -0.25) is 9.59 Å². The van der Waals surface area contributed by atoms with Crippen LogP contribution in [0.15, 0.2) is 36.4 Å². The van der Waals surface area contributed by atoms with E-state index in [2.05, 4.69) is 5.32 Å². The molecule has 1 N–H and O–H groups in total. The summed E-state index contributed by atoms with van der Waals surface area (Å²) in [6.45, 7) is 4.67. The van der Waals surface area contributed by atoms with Gasteiger partial charge >= 0.3 is 0 Å². The first-order valence-corrected chi connectivity index (χ1v) is 11.1. The highest BCUT2D eigenvalue weighted by Gasteiger charge is 2.28. The highest BCUT2D eigenvalue weighted by atomic mass is 35.5. The summed E-state index contributed by atoms with van der Waals surface area (Å²) in [7, 11) is 0. The van der Waals surface area contributed by atoms with Gasteiger partial charge in [0.15, 0.2) is 11.5 Å². The van der Waals surface area contributed by atoms with E-state index in [1.165, 1.54) is 0 Å². The number of fused-ring (bicyclic) bond motifs is 1. The molecule has 0 saturated carbocycles. The summed E-state index contributed by atoms with van der Waals surface area (Å²) in [5.74, 6) is 1.09. The number of aryl methyl sites for hydroxylation is 1. The molecule has 2 aromatic carbocycles. The summed E-state index contributed by atoms with van der Waals surface area (Å²) < 4.78 is 10.7. The van der Waals surface area contributed by atoms with Gasteiger partial charge in [-0.2, -0.15) is 0 Å². The molecule has 0 saturated heterocycles. The maximum atomic E-state index is 13.3.